The molecule has 9 nitrogen and oxygen atoms in total. The Morgan fingerprint density at radius 3 is 2.64 bits per heavy atom. The van der Waals surface area contributed by atoms with Gasteiger partial charge in [0, 0.05) is 47.1 Å². The van der Waals surface area contributed by atoms with E-state index in [1.807, 2.05) is 57.2 Å². The van der Waals surface area contributed by atoms with Crippen molar-refractivity contribution in [2.75, 3.05) is 12.3 Å². The Morgan fingerprint density at radius 1 is 1.21 bits per heavy atom. The molecule has 0 aliphatic heterocycles. The molecule has 0 saturated heterocycles. The van der Waals surface area contributed by atoms with E-state index < -0.39 is 27.8 Å². The number of nitrogens with one attached hydrogen (secondary N) is 1. The molecule has 256 valence electrons. The molecule has 1 aromatic heterocycles. The van der Waals surface area contributed by atoms with E-state index in [0.29, 0.717) is 25.8 Å². The van der Waals surface area contributed by atoms with E-state index in [9.17, 15) is 19.5 Å². The van der Waals surface area contributed by atoms with Gasteiger partial charge in [-0.2, -0.15) is 0 Å². The molecule has 0 radical (unpaired) electrons. The summed E-state index contributed by atoms with van der Waals surface area (Å²) >= 11 is 1.43. The number of rotatable bonds is 11. The fourth-order valence-electron chi connectivity index (χ4n) is 8.82. The minimum Gasteiger partial charge on any atom is -0.461 e. The number of aliphatic hydroxyl groups excluding tert-OH is 1. The zero-order valence-corrected chi connectivity index (χ0v) is 29.6. The Labute approximate surface area is 283 Å². The molecule has 2 bridgehead atoms. The van der Waals surface area contributed by atoms with Crippen LogP contribution in [0.1, 0.15) is 84.9 Å². The summed E-state index contributed by atoms with van der Waals surface area (Å²) in [5, 5.41) is 23.0. The van der Waals surface area contributed by atoms with Gasteiger partial charge < -0.3 is 15.2 Å². The number of aromatic nitrogens is 3. The SMILES string of the molecule is C=C[C@]1(C)C[C@@H](OC(=O)CSC(C)(C)CNC(=O)Cn2cc(Cc3ccccc3)nn2)[C@]2(C)[C@H](C)CC[C@]3(CCC(=O)[C@H]32)[C@@H](C)[C@@H]1O. The number of nitrogens with zero attached hydrogens (tertiary/aromatic N) is 3. The highest BCUT2D eigenvalue weighted by molar-refractivity contribution is 8.01. The smallest absolute Gasteiger partial charge is 0.316 e. The Kier molecular flexibility index (Phi) is 10.1. The van der Waals surface area contributed by atoms with Gasteiger partial charge in [0.1, 0.15) is 18.4 Å². The molecule has 3 aliphatic carbocycles. The summed E-state index contributed by atoms with van der Waals surface area (Å²) in [5.74, 6) is -0.345. The summed E-state index contributed by atoms with van der Waals surface area (Å²) in [5.41, 5.74) is 0.392. The Balaban J connectivity index is 1.20. The highest BCUT2D eigenvalue weighted by atomic mass is 32.2. The molecule has 0 spiro atoms. The number of carbonyl (C=O) groups excluding carboxylic acids is 3. The van der Waals surface area contributed by atoms with Crippen LogP contribution < -0.4 is 5.32 Å². The topological polar surface area (TPSA) is 123 Å². The van der Waals surface area contributed by atoms with Crippen LogP contribution >= 0.6 is 11.8 Å². The zero-order chi connectivity index (χ0) is 34.2. The summed E-state index contributed by atoms with van der Waals surface area (Å²) in [6, 6.07) is 9.98. The average Bonchev–Trinajstić information content (AvgIpc) is 3.64. The molecule has 5 rings (SSSR count). The summed E-state index contributed by atoms with van der Waals surface area (Å²) < 4.78 is 7.47. The van der Waals surface area contributed by atoms with E-state index in [1.54, 1.807) is 6.20 Å². The monoisotopic (exact) mass is 664 g/mol. The van der Waals surface area contributed by atoms with Gasteiger partial charge in [0.2, 0.25) is 5.91 Å². The van der Waals surface area contributed by atoms with Gasteiger partial charge in [-0.1, -0.05) is 69.3 Å². The fraction of sp³-hybridized carbons (Fsp3) is 0.649. The average molecular weight is 665 g/mol. The van der Waals surface area contributed by atoms with Crippen molar-refractivity contribution in [3.63, 3.8) is 0 Å². The van der Waals surface area contributed by atoms with Gasteiger partial charge >= 0.3 is 5.97 Å². The van der Waals surface area contributed by atoms with E-state index in [0.717, 1.165) is 30.5 Å². The number of ketones is 1. The first kappa shape index (κ1) is 35.3. The van der Waals surface area contributed by atoms with Gasteiger partial charge in [0.15, 0.2) is 0 Å². The standard InChI is InChI=1S/C37H52N4O5S/c1-8-35(6)19-29(36(7)24(2)14-16-37(25(3)33(35)45)17-15-28(42)32(36)37)46-31(44)22-47-34(4,5)23-38-30(43)21-41-20-27(39-40-41)18-26-12-10-9-11-13-26/h8-13,20,24-25,29,32-33,45H,1,14-19,21-23H2,2-7H3,(H,38,43)/t24-,25+,29-,32+,33+,35-,36+,37+/m1/s1. The molecular weight excluding hydrogens is 612 g/mol. The normalized spacial score (nSPS) is 33.8. The molecule has 0 unspecified atom stereocenters. The van der Waals surface area contributed by atoms with Crippen LogP contribution in [0.25, 0.3) is 0 Å². The quantitative estimate of drug-likeness (QED) is 0.242. The van der Waals surface area contributed by atoms with Crippen molar-refractivity contribution in [1.29, 1.82) is 0 Å². The molecule has 3 aliphatic rings. The molecule has 1 heterocycles. The van der Waals surface area contributed by atoms with Crippen molar-refractivity contribution in [1.82, 2.24) is 20.3 Å². The first-order chi connectivity index (χ1) is 22.1. The first-order valence-corrected chi connectivity index (χ1v) is 18.0. The number of hydrogen-bond acceptors (Lipinski definition) is 8. The lowest BCUT2D eigenvalue weighted by Gasteiger charge is -2.61. The predicted octanol–water partition coefficient (Wildman–Crippen LogP) is 5.40. The van der Waals surface area contributed by atoms with Crippen LogP contribution in [-0.2, 0) is 32.1 Å². The number of aliphatic hydroxyl groups is 1. The lowest BCUT2D eigenvalue weighted by atomic mass is 9.44. The van der Waals surface area contributed by atoms with Crippen molar-refractivity contribution in [3.8, 4) is 0 Å². The van der Waals surface area contributed by atoms with Crippen LogP contribution in [0.15, 0.2) is 49.2 Å². The number of amides is 1. The van der Waals surface area contributed by atoms with E-state index in [2.05, 4.69) is 43.0 Å². The van der Waals surface area contributed by atoms with Crippen molar-refractivity contribution in [2.24, 2.45) is 34.0 Å². The second-order valence-electron chi connectivity index (χ2n) is 15.5. The minimum absolute atomic E-state index is 0.0525. The van der Waals surface area contributed by atoms with Gasteiger partial charge in [-0.25, -0.2) is 4.68 Å². The first-order valence-electron chi connectivity index (χ1n) is 17.0. The maximum Gasteiger partial charge on any atom is 0.316 e. The summed E-state index contributed by atoms with van der Waals surface area (Å²) in [4.78, 5) is 40.0. The fourth-order valence-corrected chi connectivity index (χ4v) is 9.57. The summed E-state index contributed by atoms with van der Waals surface area (Å²) in [6.07, 6.45) is 6.52. The van der Waals surface area contributed by atoms with Crippen LogP contribution in [0.2, 0.25) is 0 Å². The third-order valence-corrected chi connectivity index (χ3v) is 13.3. The Bertz CT molecular complexity index is 1480. The van der Waals surface area contributed by atoms with Crippen LogP contribution in [0, 0.1) is 34.0 Å². The molecular formula is C37H52N4O5S. The predicted molar refractivity (Wildman–Crippen MR) is 183 cm³/mol. The molecule has 3 saturated carbocycles. The van der Waals surface area contributed by atoms with E-state index >= 15 is 0 Å². The number of benzene rings is 1. The second-order valence-corrected chi connectivity index (χ2v) is 17.1. The third-order valence-electron chi connectivity index (χ3n) is 12.0. The van der Waals surface area contributed by atoms with Gasteiger partial charge in [0.25, 0.3) is 0 Å². The van der Waals surface area contributed by atoms with Gasteiger partial charge in [0.05, 0.1) is 17.6 Å². The van der Waals surface area contributed by atoms with Crippen LogP contribution in [0.5, 0.6) is 0 Å². The van der Waals surface area contributed by atoms with E-state index in [1.165, 1.54) is 16.4 Å². The van der Waals surface area contributed by atoms with Gasteiger partial charge in [-0.05, 0) is 62.3 Å². The number of hydrogen-bond donors (Lipinski definition) is 2. The number of carbonyl (C=O) groups is 3. The highest BCUT2D eigenvalue weighted by Gasteiger charge is 2.68. The Morgan fingerprint density at radius 2 is 1.94 bits per heavy atom. The number of esters is 1. The van der Waals surface area contributed by atoms with Gasteiger partial charge in [-0.3, -0.25) is 14.4 Å². The van der Waals surface area contributed by atoms with Gasteiger partial charge in [-0.15, -0.1) is 23.4 Å². The van der Waals surface area contributed by atoms with E-state index in [4.69, 9.17) is 4.74 Å². The number of Topliss-reactive ketones (excluding diaryl/α,β-unsaturated/α-hetero) is 1. The van der Waals surface area contributed by atoms with Crippen molar-refractivity contribution >= 4 is 29.4 Å². The van der Waals surface area contributed by atoms with Crippen molar-refractivity contribution in [3.05, 3.63) is 60.4 Å². The minimum atomic E-state index is -0.697. The molecule has 1 amide bonds. The molecule has 10 heteroatoms. The van der Waals surface area contributed by atoms with E-state index in [-0.39, 0.29) is 53.1 Å². The zero-order valence-electron chi connectivity index (χ0n) is 28.8. The third kappa shape index (κ3) is 6.95. The molecule has 2 aromatic rings. The second kappa shape index (κ2) is 13.5. The molecule has 47 heavy (non-hydrogen) atoms. The van der Waals surface area contributed by atoms with Crippen LogP contribution in [0.4, 0.5) is 0 Å². The molecule has 1 aromatic carbocycles. The van der Waals surface area contributed by atoms with Crippen molar-refractivity contribution < 1.29 is 24.2 Å². The molecule has 8 atom stereocenters. The van der Waals surface area contributed by atoms with Crippen LogP contribution in [-0.4, -0.2) is 67.0 Å². The van der Waals surface area contributed by atoms with Crippen LogP contribution in [0.3, 0.4) is 0 Å². The summed E-state index contributed by atoms with van der Waals surface area (Å²) in [7, 11) is 0. The number of ether oxygens (including phenoxy) is 1. The molecule has 3 fully saturated rings. The maximum absolute atomic E-state index is 13.6. The summed E-state index contributed by atoms with van der Waals surface area (Å²) in [6.45, 7) is 16.9. The Hall–Kier alpha value is -2.98. The molecule has 2 N–H and O–H groups in total. The largest absolute Gasteiger partial charge is 0.461 e. The highest BCUT2D eigenvalue weighted by Crippen LogP contribution is 2.68. The number of thioether (sulfide) groups is 1. The van der Waals surface area contributed by atoms with Crippen molar-refractivity contribution in [2.45, 2.75) is 104 Å². The lowest BCUT2D eigenvalue weighted by molar-refractivity contribution is -0.205. The maximum atomic E-state index is 13.6. The lowest BCUT2D eigenvalue weighted by Crippen LogP contribution is -2.63.